The first-order chi connectivity index (χ1) is 6.64. The second kappa shape index (κ2) is 4.73. The van der Waals surface area contributed by atoms with Crippen molar-refractivity contribution >= 4 is 16.0 Å². The van der Waals surface area contributed by atoms with Crippen molar-refractivity contribution < 1.29 is 22.9 Å². The highest BCUT2D eigenvalue weighted by Gasteiger charge is 2.33. The van der Waals surface area contributed by atoms with Gasteiger partial charge in [-0.1, -0.05) is 6.58 Å². The summed E-state index contributed by atoms with van der Waals surface area (Å²) in [5.74, 6) is -1.26. The molecular weight excluding hydrogens is 222 g/mol. The second-order valence-corrected chi connectivity index (χ2v) is 5.10. The van der Waals surface area contributed by atoms with Gasteiger partial charge in [-0.05, 0) is 19.9 Å². The number of hydrogen-bond donors (Lipinski definition) is 2. The maximum Gasteiger partial charge on any atom is 0.267 e. The van der Waals surface area contributed by atoms with Gasteiger partial charge in [0.2, 0.25) is 5.91 Å². The van der Waals surface area contributed by atoms with Crippen molar-refractivity contribution in [2.24, 2.45) is 0 Å². The molecule has 0 radical (unpaired) electrons. The van der Waals surface area contributed by atoms with Gasteiger partial charge in [-0.2, -0.15) is 8.42 Å². The number of rotatable bonds is 5. The third kappa shape index (κ3) is 4.41. The van der Waals surface area contributed by atoms with E-state index in [-0.39, 0.29) is 0 Å². The molecule has 0 fully saturated rings. The van der Waals surface area contributed by atoms with E-state index in [9.17, 15) is 13.2 Å². The lowest BCUT2D eigenvalue weighted by Gasteiger charge is -2.35. The van der Waals surface area contributed by atoms with E-state index in [1.807, 2.05) is 0 Å². The van der Waals surface area contributed by atoms with Crippen LogP contribution in [0.2, 0.25) is 0 Å². The number of amides is 1. The Morgan fingerprint density at radius 2 is 2.00 bits per heavy atom. The van der Waals surface area contributed by atoms with Gasteiger partial charge in [-0.3, -0.25) is 9.35 Å². The van der Waals surface area contributed by atoms with Crippen LogP contribution in [0.25, 0.3) is 0 Å². The van der Waals surface area contributed by atoms with Gasteiger partial charge in [0.15, 0.2) is 0 Å². The number of nitrogens with zero attached hydrogens (tertiary/aromatic N) is 1. The fourth-order valence-electron chi connectivity index (χ4n) is 1.19. The summed E-state index contributed by atoms with van der Waals surface area (Å²) in [6.07, 6.45) is 0.960. The van der Waals surface area contributed by atoms with Crippen LogP contribution < -0.4 is 0 Å². The first-order valence-electron chi connectivity index (χ1n) is 4.14. The molecule has 88 valence electrons. The van der Waals surface area contributed by atoms with Gasteiger partial charge in [-0.15, -0.1) is 0 Å². The smallest absolute Gasteiger partial charge is 0.267 e. The molecule has 0 saturated carbocycles. The zero-order valence-corrected chi connectivity index (χ0v) is 9.49. The number of carbonyl (C=O) groups excluding carboxylic acids is 1. The van der Waals surface area contributed by atoms with Gasteiger partial charge in [0.25, 0.3) is 10.1 Å². The molecule has 0 atom stereocenters. The van der Waals surface area contributed by atoms with Crippen LogP contribution >= 0.6 is 0 Å². The summed E-state index contributed by atoms with van der Waals surface area (Å²) >= 11 is 0. The van der Waals surface area contributed by atoms with E-state index in [4.69, 9.17) is 9.66 Å². The van der Waals surface area contributed by atoms with Crippen molar-refractivity contribution in [1.82, 2.24) is 4.90 Å². The topological polar surface area (TPSA) is 94.9 Å². The minimum atomic E-state index is -4.22. The molecule has 2 N–H and O–H groups in total. The highest BCUT2D eigenvalue weighted by molar-refractivity contribution is 7.85. The minimum Gasteiger partial charge on any atom is -0.376 e. The Bertz CT molecular complexity index is 346. The lowest BCUT2D eigenvalue weighted by Crippen LogP contribution is -2.51. The summed E-state index contributed by atoms with van der Waals surface area (Å²) in [6, 6.07) is 0. The fraction of sp³-hybridized carbons (Fsp3) is 0.625. The van der Waals surface area contributed by atoms with E-state index in [0.29, 0.717) is 0 Å². The van der Waals surface area contributed by atoms with E-state index in [1.54, 1.807) is 0 Å². The molecule has 0 bridgehead atoms. The molecule has 15 heavy (non-hydrogen) atoms. The molecule has 0 unspecified atom stereocenters. The summed E-state index contributed by atoms with van der Waals surface area (Å²) in [4.78, 5) is 12.1. The molecule has 0 aliphatic carbocycles. The van der Waals surface area contributed by atoms with Crippen LogP contribution in [-0.4, -0.2) is 46.9 Å². The largest absolute Gasteiger partial charge is 0.376 e. The van der Waals surface area contributed by atoms with Crippen molar-refractivity contribution in [3.05, 3.63) is 12.7 Å². The summed E-state index contributed by atoms with van der Waals surface area (Å²) in [5.41, 5.74) is -1.20. The van der Waals surface area contributed by atoms with Gasteiger partial charge < -0.3 is 10.0 Å². The lowest BCUT2D eigenvalue weighted by molar-refractivity contribution is -0.135. The first-order valence-corrected chi connectivity index (χ1v) is 5.75. The molecule has 0 aromatic rings. The van der Waals surface area contributed by atoms with Crippen molar-refractivity contribution in [2.75, 3.05) is 12.5 Å². The van der Waals surface area contributed by atoms with Crippen LogP contribution in [0.4, 0.5) is 0 Å². The Morgan fingerprint density at radius 1 is 1.53 bits per heavy atom. The summed E-state index contributed by atoms with van der Waals surface area (Å²) in [7, 11) is -4.22. The number of aliphatic hydroxyl groups is 1. The molecule has 7 heteroatoms. The predicted octanol–water partition coefficient (Wildman–Crippen LogP) is -0.383. The average Bonchev–Trinajstić information content (AvgIpc) is 1.99. The highest BCUT2D eigenvalue weighted by atomic mass is 32.2. The minimum absolute atomic E-state index is 0.605. The second-order valence-electron chi connectivity index (χ2n) is 3.65. The summed E-state index contributed by atoms with van der Waals surface area (Å²) in [6.45, 7) is 5.41. The van der Waals surface area contributed by atoms with Crippen LogP contribution in [0.15, 0.2) is 12.7 Å². The number of hydrogen-bond acceptors (Lipinski definition) is 4. The van der Waals surface area contributed by atoms with Gasteiger partial charge >= 0.3 is 0 Å². The van der Waals surface area contributed by atoms with Gasteiger partial charge in [0, 0.05) is 0 Å². The molecule has 0 aromatic heterocycles. The van der Waals surface area contributed by atoms with Crippen LogP contribution in [-0.2, 0) is 14.9 Å². The maximum atomic E-state index is 11.2. The number of carbonyl (C=O) groups is 1. The molecule has 0 aliphatic rings. The molecule has 0 heterocycles. The van der Waals surface area contributed by atoms with E-state index in [2.05, 4.69) is 6.58 Å². The Kier molecular flexibility index (Phi) is 4.44. The molecular formula is C8H15NO5S. The molecule has 0 spiro atoms. The SMILES string of the molecule is C=CC(=O)N(CO)C(C)(C)CS(=O)(=O)O. The maximum absolute atomic E-state index is 11.2. The molecule has 1 amide bonds. The van der Waals surface area contributed by atoms with Gasteiger partial charge in [-0.25, -0.2) is 0 Å². The molecule has 0 saturated heterocycles. The standard InChI is InChI=1S/C8H15NO5S/c1-4-7(11)9(6-10)8(2,3)5-15(12,13)14/h4,10H,1,5-6H2,2-3H3,(H,12,13,14). The molecule has 6 nitrogen and oxygen atoms in total. The quantitative estimate of drug-likeness (QED) is 0.386. The van der Waals surface area contributed by atoms with Crippen LogP contribution in [0.5, 0.6) is 0 Å². The van der Waals surface area contributed by atoms with Crippen LogP contribution in [0.3, 0.4) is 0 Å². The normalized spacial score (nSPS) is 12.3. The van der Waals surface area contributed by atoms with Gasteiger partial charge in [0.05, 0.1) is 11.3 Å². The van der Waals surface area contributed by atoms with E-state index in [1.165, 1.54) is 13.8 Å². The molecule has 0 aliphatic heterocycles. The zero-order chi connectivity index (χ0) is 12.3. The van der Waals surface area contributed by atoms with Crippen molar-refractivity contribution in [2.45, 2.75) is 19.4 Å². The average molecular weight is 237 g/mol. The molecule has 0 aromatic carbocycles. The van der Waals surface area contributed by atoms with Crippen molar-refractivity contribution in [3.63, 3.8) is 0 Å². The predicted molar refractivity (Wildman–Crippen MR) is 54.6 cm³/mol. The first kappa shape index (κ1) is 14.1. The Morgan fingerprint density at radius 3 is 2.27 bits per heavy atom. The monoisotopic (exact) mass is 237 g/mol. The number of aliphatic hydroxyl groups excluding tert-OH is 1. The zero-order valence-electron chi connectivity index (χ0n) is 8.67. The van der Waals surface area contributed by atoms with Gasteiger partial charge in [0.1, 0.15) is 6.73 Å². The highest BCUT2D eigenvalue weighted by Crippen LogP contribution is 2.16. The van der Waals surface area contributed by atoms with Crippen molar-refractivity contribution in [1.29, 1.82) is 0 Å². The summed E-state index contributed by atoms with van der Waals surface area (Å²) in [5, 5.41) is 8.94. The van der Waals surface area contributed by atoms with Crippen LogP contribution in [0, 0.1) is 0 Å². The third-order valence-electron chi connectivity index (χ3n) is 1.85. The Hall–Kier alpha value is -0.920. The van der Waals surface area contributed by atoms with Crippen LogP contribution in [0.1, 0.15) is 13.8 Å². The fourth-order valence-corrected chi connectivity index (χ4v) is 2.24. The summed E-state index contributed by atoms with van der Waals surface area (Å²) < 4.78 is 30.1. The Balaban J connectivity index is 4.97. The lowest BCUT2D eigenvalue weighted by atomic mass is 10.1. The molecule has 0 rings (SSSR count). The van der Waals surface area contributed by atoms with E-state index in [0.717, 1.165) is 11.0 Å². The van der Waals surface area contributed by atoms with E-state index >= 15 is 0 Å². The third-order valence-corrected chi connectivity index (χ3v) is 2.92. The van der Waals surface area contributed by atoms with Crippen molar-refractivity contribution in [3.8, 4) is 0 Å². The van der Waals surface area contributed by atoms with E-state index < -0.39 is 34.0 Å². The Labute approximate surface area is 88.9 Å².